The topological polar surface area (TPSA) is 114 Å². The maximum absolute atomic E-state index is 13.6. The fraction of sp³-hybridized carbons (Fsp3) is 0.279. The van der Waals surface area contributed by atoms with Crippen LogP contribution in [0.4, 0.5) is 0 Å². The zero-order chi connectivity index (χ0) is 36.3. The van der Waals surface area contributed by atoms with Gasteiger partial charge < -0.3 is 25.2 Å². The number of carbonyl (C=O) groups is 3. The Balaban J connectivity index is 1.33. The second-order valence-corrected chi connectivity index (χ2v) is 12.5. The molecule has 0 fully saturated rings. The lowest BCUT2D eigenvalue weighted by Crippen LogP contribution is -2.42. The predicted molar refractivity (Wildman–Crippen MR) is 200 cm³/mol. The molecule has 8 heteroatoms. The molecule has 0 aliphatic carbocycles. The van der Waals surface area contributed by atoms with Gasteiger partial charge >= 0.3 is 5.97 Å². The first kappa shape index (κ1) is 38.3. The van der Waals surface area contributed by atoms with Crippen molar-refractivity contribution in [3.63, 3.8) is 0 Å². The minimum Gasteiger partial charge on any atom is -0.489 e. The molecule has 0 radical (unpaired) electrons. The van der Waals surface area contributed by atoms with E-state index in [0.29, 0.717) is 25.9 Å². The van der Waals surface area contributed by atoms with Crippen LogP contribution < -0.4 is 15.4 Å². The molecule has 0 bridgehead atoms. The van der Waals surface area contributed by atoms with Crippen LogP contribution in [0, 0.1) is 11.8 Å². The molecule has 4 aromatic carbocycles. The van der Waals surface area contributed by atoms with Crippen LogP contribution in [0.5, 0.6) is 5.75 Å². The van der Waals surface area contributed by atoms with Crippen LogP contribution >= 0.6 is 0 Å². The standard InChI is InChI=1S/C43H48N2O6/c1-3-14-36(28-41(47)44-38(29-46)27-33-22-24-39(25-23-33)50-30-34-18-10-6-11-19-34)42(48)45-40(35-20-12-7-13-21-35)31-51-43(49)37(15-4-2)26-32-16-8-5-9-17-32/h3-13,16-25,36-38,40,46H,1-2,14-15,26-31H2,(H,44,47)(H,45,48)/t36-,37+,38-,40+/m0/s1. The first-order valence-electron chi connectivity index (χ1n) is 17.3. The Morgan fingerprint density at radius 2 is 1.25 bits per heavy atom. The van der Waals surface area contributed by atoms with E-state index in [1.807, 2.05) is 115 Å². The van der Waals surface area contributed by atoms with E-state index in [1.54, 1.807) is 12.2 Å². The summed E-state index contributed by atoms with van der Waals surface area (Å²) >= 11 is 0. The molecule has 51 heavy (non-hydrogen) atoms. The molecule has 266 valence electrons. The van der Waals surface area contributed by atoms with E-state index in [1.165, 1.54) is 0 Å². The van der Waals surface area contributed by atoms with E-state index in [2.05, 4.69) is 23.8 Å². The second-order valence-electron chi connectivity index (χ2n) is 12.5. The maximum atomic E-state index is 13.6. The molecule has 0 saturated heterocycles. The van der Waals surface area contributed by atoms with Gasteiger partial charge in [0.2, 0.25) is 11.8 Å². The highest BCUT2D eigenvalue weighted by atomic mass is 16.5. The minimum atomic E-state index is -0.726. The number of rotatable bonds is 21. The summed E-state index contributed by atoms with van der Waals surface area (Å²) in [7, 11) is 0. The number of hydrogen-bond acceptors (Lipinski definition) is 6. The third kappa shape index (κ3) is 13.1. The fourth-order valence-electron chi connectivity index (χ4n) is 5.75. The summed E-state index contributed by atoms with van der Waals surface area (Å²) in [6.07, 6.45) is 4.81. The average molecular weight is 689 g/mol. The van der Waals surface area contributed by atoms with E-state index < -0.39 is 23.9 Å². The van der Waals surface area contributed by atoms with Crippen molar-refractivity contribution in [1.82, 2.24) is 10.6 Å². The number of ether oxygens (including phenoxy) is 2. The quantitative estimate of drug-likeness (QED) is 0.0663. The Bertz CT molecular complexity index is 1660. The number of benzene rings is 4. The second kappa shape index (κ2) is 20.9. The molecule has 0 aliphatic heterocycles. The van der Waals surface area contributed by atoms with Gasteiger partial charge in [0.25, 0.3) is 0 Å². The third-order valence-electron chi connectivity index (χ3n) is 8.51. The SMILES string of the molecule is C=CC[C@@H](CC(=O)N[C@H](CO)Cc1ccc(OCc2ccccc2)cc1)C(=O)N[C@H](COC(=O)[C@H](CC=C)Cc1ccccc1)c1ccccc1. The summed E-state index contributed by atoms with van der Waals surface area (Å²) in [6.45, 7) is 7.70. The molecule has 8 nitrogen and oxygen atoms in total. The molecule has 0 heterocycles. The van der Waals surface area contributed by atoms with Crippen molar-refractivity contribution in [3.05, 3.63) is 163 Å². The minimum absolute atomic E-state index is 0.0767. The molecule has 4 rings (SSSR count). The first-order valence-corrected chi connectivity index (χ1v) is 17.3. The maximum Gasteiger partial charge on any atom is 0.309 e. The number of carbonyl (C=O) groups excluding carboxylic acids is 3. The van der Waals surface area contributed by atoms with Crippen LogP contribution in [0.25, 0.3) is 0 Å². The van der Waals surface area contributed by atoms with Gasteiger partial charge in [-0.1, -0.05) is 115 Å². The van der Waals surface area contributed by atoms with Crippen LogP contribution in [0.3, 0.4) is 0 Å². The van der Waals surface area contributed by atoms with E-state index in [4.69, 9.17) is 9.47 Å². The number of nitrogens with one attached hydrogen (secondary N) is 2. The molecule has 0 unspecified atom stereocenters. The summed E-state index contributed by atoms with van der Waals surface area (Å²) in [5.41, 5.74) is 3.77. The van der Waals surface area contributed by atoms with Gasteiger partial charge in [0.15, 0.2) is 0 Å². The lowest BCUT2D eigenvalue weighted by molar-refractivity contribution is -0.150. The molecule has 0 aromatic heterocycles. The zero-order valence-corrected chi connectivity index (χ0v) is 29.0. The van der Waals surface area contributed by atoms with Gasteiger partial charge in [0, 0.05) is 6.42 Å². The number of aliphatic hydroxyl groups is 1. The van der Waals surface area contributed by atoms with E-state index in [0.717, 1.165) is 28.0 Å². The number of esters is 1. The number of amides is 2. The molecule has 4 aromatic rings. The summed E-state index contributed by atoms with van der Waals surface area (Å²) in [5, 5.41) is 16.0. The molecular weight excluding hydrogens is 640 g/mol. The van der Waals surface area contributed by atoms with Crippen molar-refractivity contribution in [1.29, 1.82) is 0 Å². The molecule has 4 atom stereocenters. The van der Waals surface area contributed by atoms with Crippen molar-refractivity contribution in [2.75, 3.05) is 13.2 Å². The van der Waals surface area contributed by atoms with E-state index in [9.17, 15) is 19.5 Å². The highest BCUT2D eigenvalue weighted by Crippen LogP contribution is 2.21. The molecular formula is C43H48N2O6. The van der Waals surface area contributed by atoms with Crippen LogP contribution in [-0.2, 0) is 38.6 Å². The van der Waals surface area contributed by atoms with E-state index in [-0.39, 0.29) is 43.8 Å². The number of hydrogen-bond donors (Lipinski definition) is 3. The number of aliphatic hydroxyl groups excluding tert-OH is 1. The Labute approximate surface area is 301 Å². The van der Waals surface area contributed by atoms with Crippen molar-refractivity contribution in [2.45, 2.75) is 50.8 Å². The van der Waals surface area contributed by atoms with Crippen LogP contribution in [0.15, 0.2) is 141 Å². The van der Waals surface area contributed by atoms with Gasteiger partial charge in [-0.05, 0) is 60.1 Å². The molecule has 2 amide bonds. The number of allylic oxidation sites excluding steroid dienone is 2. The summed E-state index contributed by atoms with van der Waals surface area (Å²) in [6, 6.07) is 35.2. The van der Waals surface area contributed by atoms with Gasteiger partial charge in [0.05, 0.1) is 30.5 Å². The average Bonchev–Trinajstić information content (AvgIpc) is 3.16. The van der Waals surface area contributed by atoms with Crippen molar-refractivity contribution in [3.8, 4) is 5.75 Å². The Kier molecular flexibility index (Phi) is 15.7. The molecule has 3 N–H and O–H groups in total. The predicted octanol–water partition coefficient (Wildman–Crippen LogP) is 6.70. The molecule has 0 spiro atoms. The monoisotopic (exact) mass is 688 g/mol. The Hall–Kier alpha value is -5.47. The highest BCUT2D eigenvalue weighted by molar-refractivity contribution is 5.86. The smallest absolute Gasteiger partial charge is 0.309 e. The van der Waals surface area contributed by atoms with Crippen molar-refractivity contribution < 1.29 is 29.0 Å². The van der Waals surface area contributed by atoms with Crippen LogP contribution in [-0.4, -0.2) is 42.1 Å². The summed E-state index contributed by atoms with van der Waals surface area (Å²) in [5.74, 6) is -1.53. The Morgan fingerprint density at radius 1 is 0.686 bits per heavy atom. The van der Waals surface area contributed by atoms with Gasteiger partial charge in [-0.25, -0.2) is 0 Å². The zero-order valence-electron chi connectivity index (χ0n) is 29.0. The third-order valence-corrected chi connectivity index (χ3v) is 8.51. The summed E-state index contributed by atoms with van der Waals surface area (Å²) < 4.78 is 11.7. The lowest BCUT2D eigenvalue weighted by Gasteiger charge is -2.24. The fourth-order valence-corrected chi connectivity index (χ4v) is 5.75. The highest BCUT2D eigenvalue weighted by Gasteiger charge is 2.27. The molecule has 0 aliphatic rings. The van der Waals surface area contributed by atoms with Gasteiger partial charge in [0.1, 0.15) is 19.0 Å². The molecule has 0 saturated carbocycles. The van der Waals surface area contributed by atoms with Gasteiger partial charge in [-0.15, -0.1) is 13.2 Å². The van der Waals surface area contributed by atoms with Crippen LogP contribution in [0.2, 0.25) is 0 Å². The van der Waals surface area contributed by atoms with Crippen molar-refractivity contribution in [2.24, 2.45) is 11.8 Å². The first-order chi connectivity index (χ1) is 24.9. The largest absolute Gasteiger partial charge is 0.489 e. The van der Waals surface area contributed by atoms with Crippen molar-refractivity contribution >= 4 is 17.8 Å². The van der Waals surface area contributed by atoms with E-state index >= 15 is 0 Å². The van der Waals surface area contributed by atoms with Crippen LogP contribution in [0.1, 0.15) is 47.6 Å². The summed E-state index contributed by atoms with van der Waals surface area (Å²) in [4.78, 5) is 40.1. The van der Waals surface area contributed by atoms with Gasteiger partial charge in [-0.2, -0.15) is 0 Å². The Morgan fingerprint density at radius 3 is 1.86 bits per heavy atom. The normalized spacial score (nSPS) is 13.1. The van der Waals surface area contributed by atoms with Gasteiger partial charge in [-0.3, -0.25) is 14.4 Å². The lowest BCUT2D eigenvalue weighted by atomic mass is 9.96.